The molecule has 1 aromatic rings. The van der Waals surface area contributed by atoms with E-state index in [1.807, 2.05) is 6.07 Å². The molecule has 72 valence electrons. The highest BCUT2D eigenvalue weighted by Crippen LogP contribution is 2.12. The summed E-state index contributed by atoms with van der Waals surface area (Å²) in [7, 11) is 1.57. The van der Waals surface area contributed by atoms with E-state index in [9.17, 15) is 0 Å². The van der Waals surface area contributed by atoms with Gasteiger partial charge in [0.2, 0.25) is 5.88 Å². The summed E-state index contributed by atoms with van der Waals surface area (Å²) in [6.07, 6.45) is 0. The Bertz CT molecular complexity index is 263. The van der Waals surface area contributed by atoms with Crippen LogP contribution in [0.3, 0.4) is 0 Å². The highest BCUT2D eigenvalue weighted by atomic mass is 16.5. The molecule has 0 aliphatic rings. The SMILES string of the molecule is COc1ccc(NC(C)(C)C)nn1. The van der Waals surface area contributed by atoms with Crippen molar-refractivity contribution >= 4 is 5.82 Å². The highest BCUT2D eigenvalue weighted by Gasteiger charge is 2.09. The van der Waals surface area contributed by atoms with Gasteiger partial charge in [-0.1, -0.05) is 0 Å². The standard InChI is InChI=1S/C9H15N3O/c1-9(2,3)10-7-5-6-8(13-4)12-11-7/h5-6H,1-4H3,(H,10,11). The minimum absolute atomic E-state index is 0.00324. The Hall–Kier alpha value is -1.32. The van der Waals surface area contributed by atoms with E-state index in [1.165, 1.54) is 0 Å². The Morgan fingerprint density at radius 2 is 1.92 bits per heavy atom. The lowest BCUT2D eigenvalue weighted by atomic mass is 10.1. The molecule has 1 N–H and O–H groups in total. The van der Waals surface area contributed by atoms with Crippen LogP contribution in [0.2, 0.25) is 0 Å². The maximum absolute atomic E-state index is 4.90. The van der Waals surface area contributed by atoms with Crippen LogP contribution in [-0.4, -0.2) is 22.8 Å². The van der Waals surface area contributed by atoms with Crippen LogP contribution in [0.4, 0.5) is 5.82 Å². The zero-order chi connectivity index (χ0) is 9.90. The van der Waals surface area contributed by atoms with Crippen LogP contribution in [0.25, 0.3) is 0 Å². The Kier molecular flexibility index (Phi) is 2.70. The molecule has 0 atom stereocenters. The van der Waals surface area contributed by atoms with Gasteiger partial charge in [0.15, 0.2) is 0 Å². The molecule has 0 aromatic carbocycles. The molecule has 13 heavy (non-hydrogen) atoms. The second kappa shape index (κ2) is 3.60. The highest BCUT2D eigenvalue weighted by molar-refractivity contribution is 5.36. The zero-order valence-corrected chi connectivity index (χ0v) is 8.46. The number of hydrogen-bond acceptors (Lipinski definition) is 4. The third-order valence-corrected chi connectivity index (χ3v) is 1.35. The van der Waals surface area contributed by atoms with Crippen molar-refractivity contribution in [2.75, 3.05) is 12.4 Å². The third-order valence-electron chi connectivity index (χ3n) is 1.35. The number of nitrogens with one attached hydrogen (secondary N) is 1. The van der Waals surface area contributed by atoms with Gasteiger partial charge in [-0.3, -0.25) is 0 Å². The predicted octanol–water partition coefficient (Wildman–Crippen LogP) is 1.70. The van der Waals surface area contributed by atoms with Gasteiger partial charge in [-0.2, -0.15) is 0 Å². The maximum atomic E-state index is 4.90. The normalized spacial score (nSPS) is 11.1. The van der Waals surface area contributed by atoms with Gasteiger partial charge in [0.05, 0.1) is 7.11 Å². The van der Waals surface area contributed by atoms with Crippen LogP contribution in [0.15, 0.2) is 12.1 Å². The van der Waals surface area contributed by atoms with Gasteiger partial charge in [-0.15, -0.1) is 10.2 Å². The summed E-state index contributed by atoms with van der Waals surface area (Å²) >= 11 is 0. The minimum atomic E-state index is 0.00324. The third kappa shape index (κ3) is 3.27. The Morgan fingerprint density at radius 1 is 1.23 bits per heavy atom. The molecule has 0 amide bonds. The average molecular weight is 181 g/mol. The quantitative estimate of drug-likeness (QED) is 0.754. The first-order valence-corrected chi connectivity index (χ1v) is 4.17. The van der Waals surface area contributed by atoms with Gasteiger partial charge in [0.25, 0.3) is 0 Å². The van der Waals surface area contributed by atoms with Gasteiger partial charge >= 0.3 is 0 Å². The predicted molar refractivity (Wildman–Crippen MR) is 52.0 cm³/mol. The van der Waals surface area contributed by atoms with E-state index >= 15 is 0 Å². The summed E-state index contributed by atoms with van der Waals surface area (Å²) in [6, 6.07) is 3.62. The largest absolute Gasteiger partial charge is 0.480 e. The van der Waals surface area contributed by atoms with E-state index in [0.717, 1.165) is 5.82 Å². The van der Waals surface area contributed by atoms with Crippen molar-refractivity contribution in [1.82, 2.24) is 10.2 Å². The fourth-order valence-corrected chi connectivity index (χ4v) is 0.880. The molecular weight excluding hydrogens is 166 g/mol. The van der Waals surface area contributed by atoms with Crippen LogP contribution in [-0.2, 0) is 0 Å². The van der Waals surface area contributed by atoms with Crippen LogP contribution >= 0.6 is 0 Å². The van der Waals surface area contributed by atoms with E-state index in [0.29, 0.717) is 5.88 Å². The minimum Gasteiger partial charge on any atom is -0.480 e. The van der Waals surface area contributed by atoms with Crippen molar-refractivity contribution in [2.24, 2.45) is 0 Å². The van der Waals surface area contributed by atoms with Crippen molar-refractivity contribution in [1.29, 1.82) is 0 Å². The summed E-state index contributed by atoms with van der Waals surface area (Å²) in [4.78, 5) is 0. The lowest BCUT2D eigenvalue weighted by Gasteiger charge is -2.20. The first-order valence-electron chi connectivity index (χ1n) is 4.17. The lowest BCUT2D eigenvalue weighted by molar-refractivity contribution is 0.392. The molecule has 4 nitrogen and oxygen atoms in total. The second-order valence-corrected chi connectivity index (χ2v) is 3.84. The molecule has 0 saturated carbocycles. The molecule has 0 aliphatic carbocycles. The first kappa shape index (κ1) is 9.77. The number of anilines is 1. The van der Waals surface area contributed by atoms with Crippen LogP contribution in [0, 0.1) is 0 Å². The van der Waals surface area contributed by atoms with E-state index in [2.05, 4.69) is 36.3 Å². The molecule has 0 fully saturated rings. The number of nitrogens with zero attached hydrogens (tertiary/aromatic N) is 2. The zero-order valence-electron chi connectivity index (χ0n) is 8.46. The van der Waals surface area contributed by atoms with E-state index in [4.69, 9.17) is 4.74 Å². The Labute approximate surface area is 78.3 Å². The van der Waals surface area contributed by atoms with Crippen LogP contribution < -0.4 is 10.1 Å². The molecule has 0 unspecified atom stereocenters. The van der Waals surface area contributed by atoms with Gasteiger partial charge in [-0.25, -0.2) is 0 Å². The Balaban J connectivity index is 2.70. The van der Waals surface area contributed by atoms with Crippen molar-refractivity contribution in [3.63, 3.8) is 0 Å². The molecule has 0 aliphatic heterocycles. The molecule has 1 aromatic heterocycles. The summed E-state index contributed by atoms with van der Waals surface area (Å²) in [5, 5.41) is 11.0. The second-order valence-electron chi connectivity index (χ2n) is 3.84. The van der Waals surface area contributed by atoms with E-state index < -0.39 is 0 Å². The van der Waals surface area contributed by atoms with Crippen LogP contribution in [0.1, 0.15) is 20.8 Å². The summed E-state index contributed by atoms with van der Waals surface area (Å²) in [5.74, 6) is 1.28. The number of rotatable bonds is 2. The summed E-state index contributed by atoms with van der Waals surface area (Å²) in [6.45, 7) is 6.21. The van der Waals surface area contributed by atoms with Crippen molar-refractivity contribution < 1.29 is 4.74 Å². The smallest absolute Gasteiger partial charge is 0.233 e. The molecule has 0 saturated heterocycles. The molecule has 4 heteroatoms. The lowest BCUT2D eigenvalue weighted by Crippen LogP contribution is -2.26. The van der Waals surface area contributed by atoms with Crippen molar-refractivity contribution in [3.05, 3.63) is 12.1 Å². The molecule has 0 spiro atoms. The van der Waals surface area contributed by atoms with E-state index in [-0.39, 0.29) is 5.54 Å². The Morgan fingerprint density at radius 3 is 2.31 bits per heavy atom. The molecule has 0 bridgehead atoms. The summed E-state index contributed by atoms with van der Waals surface area (Å²) in [5.41, 5.74) is 0.00324. The van der Waals surface area contributed by atoms with Gasteiger partial charge < -0.3 is 10.1 Å². The van der Waals surface area contributed by atoms with Crippen molar-refractivity contribution in [3.8, 4) is 5.88 Å². The van der Waals surface area contributed by atoms with Crippen molar-refractivity contribution in [2.45, 2.75) is 26.3 Å². The molecule has 1 rings (SSSR count). The molecular formula is C9H15N3O. The fraction of sp³-hybridized carbons (Fsp3) is 0.556. The van der Waals surface area contributed by atoms with E-state index in [1.54, 1.807) is 13.2 Å². The number of methoxy groups -OCH3 is 1. The van der Waals surface area contributed by atoms with Crippen LogP contribution in [0.5, 0.6) is 5.88 Å². The number of ether oxygens (including phenoxy) is 1. The van der Waals surface area contributed by atoms with Gasteiger partial charge in [-0.05, 0) is 26.8 Å². The van der Waals surface area contributed by atoms with Gasteiger partial charge in [0.1, 0.15) is 5.82 Å². The summed E-state index contributed by atoms with van der Waals surface area (Å²) < 4.78 is 4.90. The topological polar surface area (TPSA) is 47.0 Å². The fourth-order valence-electron chi connectivity index (χ4n) is 0.880. The molecule has 0 radical (unpaired) electrons. The number of aromatic nitrogens is 2. The first-order chi connectivity index (χ1) is 6.01. The van der Waals surface area contributed by atoms with Gasteiger partial charge in [0, 0.05) is 11.6 Å². The maximum Gasteiger partial charge on any atom is 0.233 e. The number of hydrogen-bond donors (Lipinski definition) is 1. The molecule has 1 heterocycles. The average Bonchev–Trinajstić information content (AvgIpc) is 2.03. The monoisotopic (exact) mass is 181 g/mol.